The third-order valence-corrected chi connectivity index (χ3v) is 13.5. The van der Waals surface area contributed by atoms with Crippen molar-refractivity contribution in [1.82, 2.24) is 15.6 Å². The fourth-order valence-corrected chi connectivity index (χ4v) is 6.68. The number of fused-ring (bicyclic) bond motifs is 1. The highest BCUT2D eigenvalue weighted by Crippen LogP contribution is 2.41. The third kappa shape index (κ3) is 11.3. The van der Waals surface area contributed by atoms with Crippen LogP contribution in [0.2, 0.25) is 18.1 Å². The number of hydrogen-bond donors (Lipinski definition) is 3. The SMILES string of the molecule is C[C@H](Cc1cccc(CCNC(=O)OC(C)(C)C)c1)NC[C@@H](O[Si](C)(C)C(C)(C)C)c1ccc(OCc2ccccc2)c2[nH]c(=O)ccc12. The minimum absolute atomic E-state index is 0.0124. The summed E-state index contributed by atoms with van der Waals surface area (Å²) in [5, 5.41) is 7.53. The average molecular weight is 686 g/mol. The molecule has 0 saturated carbocycles. The number of benzene rings is 3. The molecule has 264 valence electrons. The standard InChI is InChI=1S/C40H55N3O5Si/c1-28(24-31-17-13-16-29(25-31)22-23-41-38(45)47-39(2,3)4)42-26-35(48-49(8,9)40(5,6)7)32-18-20-34(37-33(32)19-21-36(44)43-37)46-27-30-14-11-10-12-15-30/h10-21,25,28,35,42H,22-24,26-27H2,1-9H3,(H,41,45)(H,43,44)/t28-,35-/m1/s1. The van der Waals surface area contributed by atoms with Crippen LogP contribution in [0.1, 0.15) is 76.8 Å². The number of alkyl carbamates (subject to hydrolysis) is 1. The van der Waals surface area contributed by atoms with Crippen LogP contribution in [0.3, 0.4) is 0 Å². The molecule has 4 rings (SSSR count). The molecule has 0 fully saturated rings. The van der Waals surface area contributed by atoms with Crippen LogP contribution in [0.25, 0.3) is 10.9 Å². The highest BCUT2D eigenvalue weighted by atomic mass is 28.4. The number of pyridine rings is 1. The zero-order valence-corrected chi connectivity index (χ0v) is 31.7. The van der Waals surface area contributed by atoms with Crippen LogP contribution < -0.4 is 20.9 Å². The fourth-order valence-electron chi connectivity index (χ4n) is 5.40. The lowest BCUT2D eigenvalue weighted by molar-refractivity contribution is 0.0528. The van der Waals surface area contributed by atoms with Crippen molar-refractivity contribution in [2.24, 2.45) is 0 Å². The lowest BCUT2D eigenvalue weighted by Gasteiger charge is -2.40. The number of carbonyl (C=O) groups excluding carboxylic acids is 1. The first-order chi connectivity index (χ1) is 23.0. The normalized spacial score (nSPS) is 13.6. The van der Waals surface area contributed by atoms with Gasteiger partial charge in [0, 0.05) is 30.6 Å². The Bertz CT molecular complexity index is 1740. The summed E-state index contributed by atoms with van der Waals surface area (Å²) in [6, 6.07) is 26.2. The largest absolute Gasteiger partial charge is 0.487 e. The third-order valence-electron chi connectivity index (χ3n) is 8.98. The molecule has 8 nitrogen and oxygen atoms in total. The van der Waals surface area contributed by atoms with Crippen LogP contribution in [-0.4, -0.2) is 44.1 Å². The lowest BCUT2D eigenvalue weighted by Crippen LogP contribution is -2.44. The van der Waals surface area contributed by atoms with Gasteiger partial charge in [-0.3, -0.25) is 4.79 Å². The molecule has 0 aliphatic heterocycles. The molecule has 3 aromatic carbocycles. The van der Waals surface area contributed by atoms with Crippen molar-refractivity contribution in [3.8, 4) is 5.75 Å². The highest BCUT2D eigenvalue weighted by molar-refractivity contribution is 6.74. The number of H-pyrrole nitrogens is 1. The van der Waals surface area contributed by atoms with Crippen LogP contribution in [0.15, 0.2) is 83.7 Å². The van der Waals surface area contributed by atoms with Crippen LogP contribution >= 0.6 is 0 Å². The van der Waals surface area contributed by atoms with E-state index in [0.717, 1.165) is 34.9 Å². The summed E-state index contributed by atoms with van der Waals surface area (Å²) in [6.45, 7) is 20.6. The highest BCUT2D eigenvalue weighted by Gasteiger charge is 2.40. The van der Waals surface area contributed by atoms with E-state index in [4.69, 9.17) is 13.9 Å². The molecule has 0 radical (unpaired) electrons. The number of ether oxygens (including phenoxy) is 2. The second kappa shape index (κ2) is 16.2. The molecule has 0 bridgehead atoms. The number of rotatable bonds is 14. The van der Waals surface area contributed by atoms with Crippen molar-refractivity contribution in [1.29, 1.82) is 0 Å². The van der Waals surface area contributed by atoms with E-state index in [1.165, 1.54) is 5.56 Å². The van der Waals surface area contributed by atoms with Gasteiger partial charge in [0.05, 0.1) is 11.6 Å². The van der Waals surface area contributed by atoms with Crippen LogP contribution in [-0.2, 0) is 28.6 Å². The van der Waals surface area contributed by atoms with E-state index in [1.807, 2.05) is 63.2 Å². The van der Waals surface area contributed by atoms with Gasteiger partial charge in [0.2, 0.25) is 5.56 Å². The van der Waals surface area contributed by atoms with E-state index in [1.54, 1.807) is 6.07 Å². The van der Waals surface area contributed by atoms with Gasteiger partial charge in [-0.2, -0.15) is 0 Å². The summed E-state index contributed by atoms with van der Waals surface area (Å²) < 4.78 is 18.7. The topological polar surface area (TPSA) is 102 Å². The summed E-state index contributed by atoms with van der Waals surface area (Å²) in [6.07, 6.45) is 0.910. The Morgan fingerprint density at radius 1 is 0.878 bits per heavy atom. The zero-order valence-electron chi connectivity index (χ0n) is 30.7. The first kappa shape index (κ1) is 37.9. The van der Waals surface area contributed by atoms with Crippen molar-refractivity contribution in [2.75, 3.05) is 13.1 Å². The molecule has 0 spiro atoms. The molecule has 9 heteroatoms. The second-order valence-corrected chi connectivity index (χ2v) is 20.2. The van der Waals surface area contributed by atoms with E-state index < -0.39 is 20.0 Å². The first-order valence-electron chi connectivity index (χ1n) is 17.3. The summed E-state index contributed by atoms with van der Waals surface area (Å²) >= 11 is 0. The van der Waals surface area contributed by atoms with Gasteiger partial charge in [-0.05, 0) is 93.1 Å². The molecule has 3 N–H and O–H groups in total. The second-order valence-electron chi connectivity index (χ2n) is 15.4. The number of aromatic amines is 1. The molecule has 1 heterocycles. The van der Waals surface area contributed by atoms with Crippen molar-refractivity contribution >= 4 is 25.3 Å². The first-order valence-corrected chi connectivity index (χ1v) is 20.2. The maximum atomic E-state index is 12.5. The number of hydrogen-bond acceptors (Lipinski definition) is 6. The van der Waals surface area contributed by atoms with Crippen LogP contribution in [0.5, 0.6) is 5.75 Å². The van der Waals surface area contributed by atoms with E-state index in [-0.39, 0.29) is 22.7 Å². The maximum Gasteiger partial charge on any atom is 0.407 e. The van der Waals surface area contributed by atoms with E-state index in [0.29, 0.717) is 31.0 Å². The molecule has 2 atom stereocenters. The van der Waals surface area contributed by atoms with Gasteiger partial charge in [0.1, 0.15) is 18.0 Å². The summed E-state index contributed by atoms with van der Waals surface area (Å²) in [5.41, 5.74) is 4.44. The molecule has 0 saturated heterocycles. The number of aromatic nitrogens is 1. The minimum Gasteiger partial charge on any atom is -0.487 e. The molecule has 0 unspecified atom stereocenters. The molecular weight excluding hydrogens is 631 g/mol. The molecule has 0 aliphatic carbocycles. The zero-order chi connectivity index (χ0) is 35.8. The quantitative estimate of drug-likeness (QED) is 0.115. The van der Waals surface area contributed by atoms with Crippen molar-refractivity contribution in [3.05, 3.63) is 111 Å². The average Bonchev–Trinajstić information content (AvgIpc) is 3.01. The van der Waals surface area contributed by atoms with Gasteiger partial charge in [0.15, 0.2) is 8.32 Å². The summed E-state index contributed by atoms with van der Waals surface area (Å²) in [5.74, 6) is 0.633. The van der Waals surface area contributed by atoms with E-state index >= 15 is 0 Å². The molecule has 49 heavy (non-hydrogen) atoms. The Kier molecular flexibility index (Phi) is 12.5. The van der Waals surface area contributed by atoms with Gasteiger partial charge in [-0.1, -0.05) is 81.4 Å². The van der Waals surface area contributed by atoms with Gasteiger partial charge in [0.25, 0.3) is 0 Å². The number of amides is 1. The van der Waals surface area contributed by atoms with Crippen molar-refractivity contribution in [3.63, 3.8) is 0 Å². The monoisotopic (exact) mass is 685 g/mol. The molecular formula is C40H55N3O5Si. The minimum atomic E-state index is -2.19. The molecule has 4 aromatic rings. The van der Waals surface area contributed by atoms with Crippen LogP contribution in [0, 0.1) is 0 Å². The predicted molar refractivity (Wildman–Crippen MR) is 202 cm³/mol. The summed E-state index contributed by atoms with van der Waals surface area (Å²) in [7, 11) is -2.19. The smallest absolute Gasteiger partial charge is 0.407 e. The predicted octanol–water partition coefficient (Wildman–Crippen LogP) is 8.46. The molecule has 1 aromatic heterocycles. The van der Waals surface area contributed by atoms with E-state index in [9.17, 15) is 9.59 Å². The lowest BCUT2D eigenvalue weighted by atomic mass is 10.0. The Morgan fingerprint density at radius 3 is 2.27 bits per heavy atom. The number of carbonyl (C=O) groups is 1. The van der Waals surface area contributed by atoms with Gasteiger partial charge in [-0.15, -0.1) is 0 Å². The van der Waals surface area contributed by atoms with Crippen molar-refractivity contribution in [2.45, 2.75) is 104 Å². The number of nitrogens with one attached hydrogen (secondary N) is 3. The van der Waals surface area contributed by atoms with Crippen LogP contribution in [0.4, 0.5) is 4.79 Å². The summed E-state index contributed by atoms with van der Waals surface area (Å²) in [4.78, 5) is 27.6. The molecule has 0 aliphatic rings. The Hall–Kier alpha value is -3.92. The van der Waals surface area contributed by atoms with Crippen molar-refractivity contribution < 1.29 is 18.7 Å². The Morgan fingerprint density at radius 2 is 1.57 bits per heavy atom. The van der Waals surface area contributed by atoms with Gasteiger partial charge in [-0.25, -0.2) is 4.79 Å². The Balaban J connectivity index is 1.51. The van der Waals surface area contributed by atoms with Gasteiger partial charge >= 0.3 is 6.09 Å². The van der Waals surface area contributed by atoms with Gasteiger partial charge < -0.3 is 29.5 Å². The van der Waals surface area contributed by atoms with E-state index in [2.05, 4.69) is 86.7 Å². The maximum absolute atomic E-state index is 12.5. The fraction of sp³-hybridized carbons (Fsp3) is 0.450. The Labute approximate surface area is 293 Å². The molecule has 1 amide bonds.